The van der Waals surface area contributed by atoms with E-state index in [0.29, 0.717) is 19.1 Å². The van der Waals surface area contributed by atoms with Gasteiger partial charge in [0, 0.05) is 44.4 Å². The first kappa shape index (κ1) is 30.6. The standard InChI is InChI=1S/C33H50N2O5/c1-5-7-15-38-32-22-33(39-16-8-6-2)31(26(3)4)21-29(32)25-40-35-23-27-10-11-30(20-28(27)24-35)37-17-9-12-34-13-18-36-19-14-34/h10-11,20-22,26H,5-9,12-19,23-25H2,1-4H3. The van der Waals surface area contributed by atoms with Crippen molar-refractivity contribution in [3.8, 4) is 17.2 Å². The van der Waals surface area contributed by atoms with Crippen LogP contribution < -0.4 is 14.2 Å². The van der Waals surface area contributed by atoms with Crippen LogP contribution in [0.1, 0.15) is 88.0 Å². The molecule has 1 saturated heterocycles. The van der Waals surface area contributed by atoms with Crippen molar-refractivity contribution in [2.24, 2.45) is 0 Å². The van der Waals surface area contributed by atoms with Crippen LogP contribution in [0.4, 0.5) is 0 Å². The Bertz CT molecular complexity index is 1040. The zero-order chi connectivity index (χ0) is 28.2. The molecule has 0 amide bonds. The van der Waals surface area contributed by atoms with Crippen LogP contribution in [0.5, 0.6) is 17.2 Å². The molecular formula is C33H50N2O5. The normalized spacial score (nSPS) is 15.9. The molecule has 222 valence electrons. The van der Waals surface area contributed by atoms with Gasteiger partial charge < -0.3 is 18.9 Å². The highest BCUT2D eigenvalue weighted by molar-refractivity contribution is 5.48. The van der Waals surface area contributed by atoms with E-state index in [1.807, 2.05) is 5.06 Å². The van der Waals surface area contributed by atoms with Crippen LogP contribution in [-0.4, -0.2) is 62.6 Å². The summed E-state index contributed by atoms with van der Waals surface area (Å²) in [5.41, 5.74) is 4.84. The van der Waals surface area contributed by atoms with Crippen molar-refractivity contribution in [2.45, 2.75) is 85.4 Å². The monoisotopic (exact) mass is 554 g/mol. The number of rotatable bonds is 17. The topological polar surface area (TPSA) is 52.6 Å². The summed E-state index contributed by atoms with van der Waals surface area (Å²) in [6.07, 6.45) is 5.31. The molecule has 1 fully saturated rings. The van der Waals surface area contributed by atoms with Crippen LogP contribution in [0, 0.1) is 0 Å². The molecule has 0 spiro atoms. The Morgan fingerprint density at radius 2 is 1.50 bits per heavy atom. The van der Waals surface area contributed by atoms with Crippen molar-refractivity contribution in [1.82, 2.24) is 9.96 Å². The van der Waals surface area contributed by atoms with Gasteiger partial charge in [-0.25, -0.2) is 0 Å². The summed E-state index contributed by atoms with van der Waals surface area (Å²) in [7, 11) is 0. The van der Waals surface area contributed by atoms with Crippen molar-refractivity contribution in [3.05, 3.63) is 52.6 Å². The lowest BCUT2D eigenvalue weighted by atomic mass is 9.99. The molecule has 0 saturated carbocycles. The summed E-state index contributed by atoms with van der Waals surface area (Å²) in [4.78, 5) is 8.80. The fourth-order valence-corrected chi connectivity index (χ4v) is 5.09. The van der Waals surface area contributed by atoms with E-state index in [2.05, 4.69) is 62.9 Å². The average Bonchev–Trinajstić information content (AvgIpc) is 3.37. The molecule has 4 rings (SSSR count). The van der Waals surface area contributed by atoms with Gasteiger partial charge in [0.25, 0.3) is 0 Å². The Hall–Kier alpha value is -2.32. The summed E-state index contributed by atoms with van der Waals surface area (Å²) in [6.45, 7) is 17.7. The van der Waals surface area contributed by atoms with Crippen LogP contribution >= 0.6 is 0 Å². The molecule has 0 atom stereocenters. The molecule has 0 aliphatic carbocycles. The largest absolute Gasteiger partial charge is 0.494 e. The average molecular weight is 555 g/mol. The van der Waals surface area contributed by atoms with Gasteiger partial charge >= 0.3 is 0 Å². The molecule has 0 aromatic heterocycles. The van der Waals surface area contributed by atoms with Gasteiger partial charge in [-0.05, 0) is 60.1 Å². The lowest BCUT2D eigenvalue weighted by Crippen LogP contribution is -2.37. The molecule has 0 bridgehead atoms. The summed E-state index contributed by atoms with van der Waals surface area (Å²) < 4.78 is 23.9. The van der Waals surface area contributed by atoms with Gasteiger partial charge in [0.2, 0.25) is 0 Å². The lowest BCUT2D eigenvalue weighted by molar-refractivity contribution is -0.176. The van der Waals surface area contributed by atoms with E-state index < -0.39 is 0 Å². The maximum absolute atomic E-state index is 6.35. The van der Waals surface area contributed by atoms with Crippen LogP contribution in [0.3, 0.4) is 0 Å². The third kappa shape index (κ3) is 9.10. The molecular weight excluding hydrogens is 504 g/mol. The first-order chi connectivity index (χ1) is 19.6. The second kappa shape index (κ2) is 16.2. The highest BCUT2D eigenvalue weighted by Gasteiger charge is 2.22. The van der Waals surface area contributed by atoms with E-state index in [1.165, 1.54) is 16.7 Å². The summed E-state index contributed by atoms with van der Waals surface area (Å²) in [5, 5.41) is 2.05. The number of morpholine rings is 1. The molecule has 0 N–H and O–H groups in total. The number of unbranched alkanes of at least 4 members (excludes halogenated alkanes) is 2. The van der Waals surface area contributed by atoms with Crippen molar-refractivity contribution in [3.63, 3.8) is 0 Å². The van der Waals surface area contributed by atoms with Crippen LogP contribution in [0.2, 0.25) is 0 Å². The van der Waals surface area contributed by atoms with Crippen molar-refractivity contribution >= 4 is 0 Å². The predicted octanol–water partition coefficient (Wildman–Crippen LogP) is 6.72. The Labute approximate surface area is 241 Å². The van der Waals surface area contributed by atoms with Gasteiger partial charge in [0.05, 0.1) is 39.6 Å². The molecule has 2 aliphatic heterocycles. The fraction of sp³-hybridized carbons (Fsp3) is 0.636. The maximum Gasteiger partial charge on any atom is 0.128 e. The zero-order valence-corrected chi connectivity index (χ0v) is 25.2. The van der Waals surface area contributed by atoms with E-state index in [1.54, 1.807) is 0 Å². The highest BCUT2D eigenvalue weighted by atomic mass is 16.7. The highest BCUT2D eigenvalue weighted by Crippen LogP contribution is 2.35. The van der Waals surface area contributed by atoms with E-state index in [-0.39, 0.29) is 0 Å². The van der Waals surface area contributed by atoms with E-state index in [4.69, 9.17) is 23.8 Å². The van der Waals surface area contributed by atoms with Gasteiger partial charge in [-0.3, -0.25) is 9.74 Å². The molecule has 40 heavy (non-hydrogen) atoms. The number of hydroxylamine groups is 2. The van der Waals surface area contributed by atoms with Crippen LogP contribution in [0.25, 0.3) is 0 Å². The van der Waals surface area contributed by atoms with Crippen LogP contribution in [-0.2, 0) is 29.3 Å². The second-order valence-electron chi connectivity index (χ2n) is 11.2. The number of fused-ring (bicyclic) bond motifs is 1. The van der Waals surface area contributed by atoms with Gasteiger partial charge in [-0.15, -0.1) is 0 Å². The van der Waals surface area contributed by atoms with Gasteiger partial charge in [0.1, 0.15) is 17.2 Å². The predicted molar refractivity (Wildman–Crippen MR) is 159 cm³/mol. The van der Waals surface area contributed by atoms with Gasteiger partial charge in [-0.1, -0.05) is 46.6 Å². The van der Waals surface area contributed by atoms with Crippen molar-refractivity contribution in [2.75, 3.05) is 52.7 Å². The fourth-order valence-electron chi connectivity index (χ4n) is 5.09. The number of benzene rings is 2. The summed E-state index contributed by atoms with van der Waals surface area (Å²) >= 11 is 0. The molecule has 2 aromatic rings. The minimum absolute atomic E-state index is 0.350. The van der Waals surface area contributed by atoms with Crippen LogP contribution in [0.15, 0.2) is 30.3 Å². The molecule has 2 aromatic carbocycles. The first-order valence-corrected chi connectivity index (χ1v) is 15.4. The number of nitrogens with zero attached hydrogens (tertiary/aromatic N) is 2. The summed E-state index contributed by atoms with van der Waals surface area (Å²) in [5.74, 6) is 3.09. The third-order valence-corrected chi connectivity index (χ3v) is 7.59. The number of hydrogen-bond acceptors (Lipinski definition) is 7. The molecule has 0 unspecified atom stereocenters. The number of ether oxygens (including phenoxy) is 4. The zero-order valence-electron chi connectivity index (χ0n) is 25.2. The lowest BCUT2D eigenvalue weighted by Gasteiger charge is -2.26. The Balaban J connectivity index is 1.33. The Kier molecular flexibility index (Phi) is 12.4. The van der Waals surface area contributed by atoms with E-state index >= 15 is 0 Å². The SMILES string of the molecule is CCCCOc1cc(OCCCC)c(C(C)C)cc1CON1Cc2ccc(OCCCN3CCOCC3)cc2C1. The Morgan fingerprint density at radius 3 is 2.23 bits per heavy atom. The van der Waals surface area contributed by atoms with Crippen molar-refractivity contribution < 1.29 is 23.8 Å². The quantitative estimate of drug-likeness (QED) is 0.201. The van der Waals surface area contributed by atoms with Gasteiger partial charge in [0.15, 0.2) is 0 Å². The molecule has 2 heterocycles. The second-order valence-corrected chi connectivity index (χ2v) is 11.2. The smallest absolute Gasteiger partial charge is 0.128 e. The first-order valence-electron chi connectivity index (χ1n) is 15.4. The van der Waals surface area contributed by atoms with Gasteiger partial charge in [-0.2, -0.15) is 5.06 Å². The molecule has 0 radical (unpaired) electrons. The van der Waals surface area contributed by atoms with E-state index in [0.717, 1.165) is 114 Å². The third-order valence-electron chi connectivity index (χ3n) is 7.59. The minimum atomic E-state index is 0.350. The molecule has 2 aliphatic rings. The van der Waals surface area contributed by atoms with Crippen molar-refractivity contribution in [1.29, 1.82) is 0 Å². The maximum atomic E-state index is 6.35. The minimum Gasteiger partial charge on any atom is -0.494 e. The summed E-state index contributed by atoms with van der Waals surface area (Å²) in [6, 6.07) is 10.7. The molecule has 7 heteroatoms. The number of hydrogen-bond donors (Lipinski definition) is 0. The molecule has 7 nitrogen and oxygen atoms in total. The Morgan fingerprint density at radius 1 is 0.800 bits per heavy atom. The van der Waals surface area contributed by atoms with E-state index in [9.17, 15) is 0 Å².